The first kappa shape index (κ1) is 58.4. The summed E-state index contributed by atoms with van der Waals surface area (Å²) < 4.78 is 0. The van der Waals surface area contributed by atoms with Crippen molar-refractivity contribution in [2.75, 3.05) is 0 Å². The maximum absolute atomic E-state index is 11.2. The average Bonchev–Trinajstić information content (AvgIpc) is 3.21. The molecule has 0 bridgehead atoms. The van der Waals surface area contributed by atoms with Gasteiger partial charge < -0.3 is 20.4 Å². The van der Waals surface area contributed by atoms with Crippen molar-refractivity contribution in [1.29, 1.82) is 0 Å². The van der Waals surface area contributed by atoms with Crippen LogP contribution in [0, 0.1) is 13.8 Å². The first-order chi connectivity index (χ1) is 31.4. The normalized spacial score (nSPS) is 12.6. The minimum Gasteiger partial charge on any atom is -0.507 e. The van der Waals surface area contributed by atoms with E-state index in [1.807, 2.05) is 0 Å². The van der Waals surface area contributed by atoms with Gasteiger partial charge in [0.2, 0.25) is 0 Å². The van der Waals surface area contributed by atoms with Crippen LogP contribution in [0.3, 0.4) is 0 Å². The van der Waals surface area contributed by atoms with Crippen molar-refractivity contribution < 1.29 is 20.4 Å². The minimum atomic E-state index is -0.318. The van der Waals surface area contributed by atoms with Crippen molar-refractivity contribution in [2.24, 2.45) is 0 Å². The molecule has 4 N–H and O–H groups in total. The molecule has 0 unspecified atom stereocenters. The fourth-order valence-electron chi connectivity index (χ4n) is 9.71. The van der Waals surface area contributed by atoms with Crippen LogP contribution in [-0.2, 0) is 46.3 Å². The third kappa shape index (κ3) is 16.6. The maximum atomic E-state index is 11.2. The Morgan fingerprint density at radius 2 is 0.574 bits per heavy atom. The number of aryl methyl sites for hydroxylation is 4. The van der Waals surface area contributed by atoms with Gasteiger partial charge in [0.15, 0.2) is 0 Å². The molecule has 0 saturated heterocycles. The first-order valence-electron chi connectivity index (χ1n) is 26.8. The fourth-order valence-corrected chi connectivity index (χ4v) is 9.71. The fraction of sp³-hybridized carbons (Fsp3) is 0.625. The molecular weight excluding hydrogens is 833 g/mol. The van der Waals surface area contributed by atoms with Gasteiger partial charge in [-0.15, -0.1) is 0 Å². The smallest absolute Gasteiger partial charge is 0.123 e. The molecule has 0 heterocycles. The molecule has 0 aliphatic carbocycles. The lowest BCUT2D eigenvalue weighted by Crippen LogP contribution is -2.26. The highest BCUT2D eigenvalue weighted by Gasteiger charge is 2.35. The van der Waals surface area contributed by atoms with Crippen LogP contribution in [0.15, 0.2) is 48.5 Å². The van der Waals surface area contributed by atoms with E-state index in [1.54, 1.807) is 0 Å². The van der Waals surface area contributed by atoms with E-state index in [-0.39, 0.29) is 27.1 Å². The molecule has 0 fully saturated rings. The first-order valence-corrected chi connectivity index (χ1v) is 26.8. The number of unbranched alkanes of at least 4 members (excludes halogenated alkanes) is 12. The Balaban J connectivity index is 0.000000361. The summed E-state index contributed by atoms with van der Waals surface area (Å²) in [5.41, 5.74) is 11.6. The molecule has 0 atom stereocenters. The van der Waals surface area contributed by atoms with Crippen LogP contribution >= 0.6 is 0 Å². The van der Waals surface area contributed by atoms with E-state index >= 15 is 0 Å². The van der Waals surface area contributed by atoms with Crippen molar-refractivity contribution in [2.45, 2.75) is 261 Å². The lowest BCUT2D eigenvalue weighted by molar-refractivity contribution is 0.420. The summed E-state index contributed by atoms with van der Waals surface area (Å²) >= 11 is 0. The highest BCUT2D eigenvalue weighted by atomic mass is 16.3. The Hall–Kier alpha value is -3.92. The largest absolute Gasteiger partial charge is 0.507 e. The molecule has 380 valence electrons. The summed E-state index contributed by atoms with van der Waals surface area (Å²) in [6.07, 6.45) is 20.3. The highest BCUT2D eigenvalue weighted by Crippen LogP contribution is 2.47. The van der Waals surface area contributed by atoms with E-state index in [4.69, 9.17) is 0 Å². The SMILES string of the molecule is CC(C)(C)c1cc(C(C)(C)c2cc(C(C)(C)C)c(O)c(C(C)(C)C)c2)cc(C(C)(C)C)c1O.CCCCCCCCCc1cc(C)cc(Cc2cc(C)cc(CCCCCCCCC)c2O)c1O. The second-order valence-electron chi connectivity index (χ2n) is 25.2. The number of aromatic hydroxyl groups is 4. The molecule has 4 heteroatoms. The topological polar surface area (TPSA) is 80.9 Å². The van der Waals surface area contributed by atoms with Gasteiger partial charge in [-0.1, -0.05) is 247 Å². The van der Waals surface area contributed by atoms with Crippen molar-refractivity contribution in [1.82, 2.24) is 0 Å². The zero-order chi connectivity index (χ0) is 51.4. The summed E-state index contributed by atoms with van der Waals surface area (Å²) in [4.78, 5) is 0. The van der Waals surface area contributed by atoms with Gasteiger partial charge in [-0.05, 0) is 117 Å². The van der Waals surface area contributed by atoms with Crippen LogP contribution in [0.5, 0.6) is 23.0 Å². The van der Waals surface area contributed by atoms with Crippen LogP contribution < -0.4 is 0 Å². The van der Waals surface area contributed by atoms with E-state index in [2.05, 4.69) is 173 Å². The maximum Gasteiger partial charge on any atom is 0.123 e. The Morgan fingerprint density at radius 3 is 0.838 bits per heavy atom. The predicted octanol–water partition coefficient (Wildman–Crippen LogP) is 18.5. The van der Waals surface area contributed by atoms with Crippen molar-refractivity contribution in [3.8, 4) is 23.0 Å². The number of phenols is 4. The Kier molecular flexibility index (Phi) is 21.3. The van der Waals surface area contributed by atoms with Gasteiger partial charge in [-0.25, -0.2) is 0 Å². The molecule has 0 aromatic heterocycles. The quantitative estimate of drug-likeness (QED) is 0.0666. The molecule has 4 rings (SSSR count). The Bertz CT molecular complexity index is 1980. The van der Waals surface area contributed by atoms with Crippen LogP contribution in [0.4, 0.5) is 0 Å². The van der Waals surface area contributed by atoms with Gasteiger partial charge in [0.25, 0.3) is 0 Å². The molecule has 0 aliphatic heterocycles. The second-order valence-corrected chi connectivity index (χ2v) is 25.2. The van der Waals surface area contributed by atoms with Crippen molar-refractivity contribution >= 4 is 0 Å². The van der Waals surface area contributed by atoms with Gasteiger partial charge in [-0.3, -0.25) is 0 Å². The molecule has 0 radical (unpaired) electrons. The summed E-state index contributed by atoms with van der Waals surface area (Å²) in [5, 5.41) is 44.6. The second kappa shape index (κ2) is 24.8. The van der Waals surface area contributed by atoms with E-state index in [0.717, 1.165) is 70.2 Å². The van der Waals surface area contributed by atoms with E-state index in [9.17, 15) is 20.4 Å². The van der Waals surface area contributed by atoms with Crippen molar-refractivity contribution in [3.63, 3.8) is 0 Å². The van der Waals surface area contributed by atoms with Crippen LogP contribution in [0.1, 0.15) is 267 Å². The summed E-state index contributed by atoms with van der Waals surface area (Å²) in [7, 11) is 0. The van der Waals surface area contributed by atoms with Crippen LogP contribution in [0.2, 0.25) is 0 Å². The number of hydrogen-bond donors (Lipinski definition) is 4. The molecule has 4 aromatic carbocycles. The number of phenolic OH excluding ortho intramolecular Hbond substituents is 4. The van der Waals surface area contributed by atoms with Gasteiger partial charge in [0.05, 0.1) is 0 Å². The number of hydrogen-bond acceptors (Lipinski definition) is 4. The molecular formula is C64H100O4. The third-order valence-electron chi connectivity index (χ3n) is 14.2. The Morgan fingerprint density at radius 1 is 0.324 bits per heavy atom. The Labute approximate surface area is 417 Å². The summed E-state index contributed by atoms with van der Waals surface area (Å²) in [6.45, 7) is 39.1. The molecule has 68 heavy (non-hydrogen) atoms. The molecule has 0 aliphatic rings. The van der Waals surface area contributed by atoms with Crippen LogP contribution in [0.25, 0.3) is 0 Å². The van der Waals surface area contributed by atoms with Crippen molar-refractivity contribution in [3.05, 3.63) is 115 Å². The number of rotatable bonds is 20. The zero-order valence-electron chi connectivity index (χ0n) is 46.9. The molecule has 0 amide bonds. The standard InChI is InChI=1S/C33H52O2.C31H48O2/c1-5-7-9-11-13-15-17-19-28-21-26(3)23-30(32(28)34)25-31-24-27(4)22-29(33(31)35)20-18-16-14-12-10-8-6-2;1-27(2,3)21-15-19(16-22(25(21)32)28(4,5)6)31(13,14)20-17-23(29(7,8)9)26(33)24(18-20)30(10,11)12/h21-24,34-35H,5-20,25H2,1-4H3;15-18,32-33H,1-14H3. The van der Waals surface area contributed by atoms with Gasteiger partial charge in [-0.2, -0.15) is 0 Å². The monoisotopic (exact) mass is 933 g/mol. The van der Waals surface area contributed by atoms with E-state index in [0.29, 0.717) is 29.4 Å². The van der Waals surface area contributed by atoms with E-state index < -0.39 is 0 Å². The molecule has 4 nitrogen and oxygen atoms in total. The van der Waals surface area contributed by atoms with Gasteiger partial charge in [0.1, 0.15) is 23.0 Å². The molecule has 4 aromatic rings. The van der Waals surface area contributed by atoms with E-state index in [1.165, 1.54) is 99.3 Å². The minimum absolute atomic E-state index is 0.182. The molecule has 0 saturated carbocycles. The molecule has 0 spiro atoms. The summed E-state index contributed by atoms with van der Waals surface area (Å²) in [6, 6.07) is 17.2. The zero-order valence-corrected chi connectivity index (χ0v) is 46.9. The third-order valence-corrected chi connectivity index (χ3v) is 14.2. The average molecular weight is 933 g/mol. The van der Waals surface area contributed by atoms with Crippen LogP contribution in [-0.4, -0.2) is 20.4 Å². The number of benzene rings is 4. The predicted molar refractivity (Wildman–Crippen MR) is 295 cm³/mol. The summed E-state index contributed by atoms with van der Waals surface area (Å²) in [5.74, 6) is 1.67. The lowest BCUT2D eigenvalue weighted by atomic mass is 9.69. The lowest BCUT2D eigenvalue weighted by Gasteiger charge is -2.35. The van der Waals surface area contributed by atoms with Gasteiger partial charge >= 0.3 is 0 Å². The van der Waals surface area contributed by atoms with Gasteiger partial charge in [0, 0.05) is 11.8 Å². The highest BCUT2D eigenvalue weighted by molar-refractivity contribution is 5.57.